The van der Waals surface area contributed by atoms with Gasteiger partial charge in [-0.2, -0.15) is 0 Å². The number of benzene rings is 2. The SMILES string of the molecule is NC(=O)c1cccnc1Oc1ccc(C(=O)c2nc3ccccc3[nH]2)cc1. The highest BCUT2D eigenvalue weighted by atomic mass is 16.5. The van der Waals surface area contributed by atoms with Crippen molar-refractivity contribution in [3.05, 3.63) is 83.8 Å². The van der Waals surface area contributed by atoms with E-state index in [9.17, 15) is 9.59 Å². The number of ether oxygens (including phenoxy) is 1. The molecule has 7 nitrogen and oxygen atoms in total. The van der Waals surface area contributed by atoms with Crippen molar-refractivity contribution in [1.82, 2.24) is 15.0 Å². The number of nitrogens with zero attached hydrogens (tertiary/aromatic N) is 2. The molecule has 27 heavy (non-hydrogen) atoms. The fraction of sp³-hybridized carbons (Fsp3) is 0. The van der Waals surface area contributed by atoms with E-state index in [4.69, 9.17) is 10.5 Å². The summed E-state index contributed by atoms with van der Waals surface area (Å²) in [6.07, 6.45) is 1.50. The van der Waals surface area contributed by atoms with Crippen molar-refractivity contribution in [2.45, 2.75) is 0 Å². The smallest absolute Gasteiger partial charge is 0.254 e. The third-order valence-corrected chi connectivity index (χ3v) is 3.97. The first-order chi connectivity index (χ1) is 13.1. The largest absolute Gasteiger partial charge is 0.438 e. The Bertz CT molecular complexity index is 1120. The lowest BCUT2D eigenvalue weighted by atomic mass is 10.1. The minimum Gasteiger partial charge on any atom is -0.438 e. The Morgan fingerprint density at radius 2 is 1.74 bits per heavy atom. The van der Waals surface area contributed by atoms with Gasteiger partial charge in [-0.15, -0.1) is 0 Å². The minimum atomic E-state index is -0.630. The zero-order chi connectivity index (χ0) is 18.8. The third kappa shape index (κ3) is 3.25. The number of primary amides is 1. The molecule has 0 aliphatic rings. The lowest BCUT2D eigenvalue weighted by Crippen LogP contribution is -2.12. The molecular formula is C20H14N4O3. The molecule has 0 fully saturated rings. The van der Waals surface area contributed by atoms with Gasteiger partial charge in [-0.25, -0.2) is 9.97 Å². The Kier molecular flexibility index (Phi) is 4.10. The molecular weight excluding hydrogens is 344 g/mol. The van der Waals surface area contributed by atoms with E-state index in [0.717, 1.165) is 11.0 Å². The monoisotopic (exact) mass is 358 g/mol. The first-order valence-electron chi connectivity index (χ1n) is 8.14. The lowest BCUT2D eigenvalue weighted by molar-refractivity contribution is 0.0995. The van der Waals surface area contributed by atoms with Crippen LogP contribution in [0.2, 0.25) is 0 Å². The Labute approximate surface area is 153 Å². The zero-order valence-electron chi connectivity index (χ0n) is 14.0. The van der Waals surface area contributed by atoms with Crippen molar-refractivity contribution in [2.75, 3.05) is 0 Å². The second kappa shape index (κ2) is 6.72. The van der Waals surface area contributed by atoms with Gasteiger partial charge < -0.3 is 15.5 Å². The van der Waals surface area contributed by atoms with E-state index < -0.39 is 5.91 Å². The van der Waals surface area contributed by atoms with E-state index >= 15 is 0 Å². The summed E-state index contributed by atoms with van der Waals surface area (Å²) in [5, 5.41) is 0. The summed E-state index contributed by atoms with van der Waals surface area (Å²) in [5.74, 6) is -0.0486. The van der Waals surface area contributed by atoms with Gasteiger partial charge in [-0.05, 0) is 48.5 Å². The predicted molar refractivity (Wildman–Crippen MR) is 98.8 cm³/mol. The number of rotatable bonds is 5. The van der Waals surface area contributed by atoms with Gasteiger partial charge in [0.2, 0.25) is 11.7 Å². The second-order valence-corrected chi connectivity index (χ2v) is 5.78. The number of carbonyl (C=O) groups excluding carboxylic acids is 2. The quantitative estimate of drug-likeness (QED) is 0.533. The molecule has 3 N–H and O–H groups in total. The molecule has 0 radical (unpaired) electrons. The number of carbonyl (C=O) groups is 2. The molecule has 0 unspecified atom stereocenters. The molecule has 0 atom stereocenters. The molecule has 4 aromatic rings. The van der Waals surface area contributed by atoms with Crippen LogP contribution in [0.4, 0.5) is 0 Å². The van der Waals surface area contributed by atoms with Gasteiger partial charge in [0, 0.05) is 11.8 Å². The molecule has 132 valence electrons. The van der Waals surface area contributed by atoms with Gasteiger partial charge in [-0.1, -0.05) is 12.1 Å². The van der Waals surface area contributed by atoms with E-state index in [1.807, 2.05) is 24.3 Å². The van der Waals surface area contributed by atoms with Gasteiger partial charge in [0.05, 0.1) is 11.0 Å². The van der Waals surface area contributed by atoms with Gasteiger partial charge in [-0.3, -0.25) is 9.59 Å². The summed E-state index contributed by atoms with van der Waals surface area (Å²) in [6.45, 7) is 0. The third-order valence-electron chi connectivity index (χ3n) is 3.97. The number of nitrogens with two attached hydrogens (primary N) is 1. The number of hydrogen-bond donors (Lipinski definition) is 2. The van der Waals surface area contributed by atoms with Crippen LogP contribution >= 0.6 is 0 Å². The standard InChI is InChI=1S/C20H14N4O3/c21-18(26)14-4-3-11-22-20(14)27-13-9-7-12(8-10-13)17(25)19-23-15-5-1-2-6-16(15)24-19/h1-11H,(H2,21,26)(H,23,24). The van der Waals surface area contributed by atoms with E-state index in [0.29, 0.717) is 11.3 Å². The molecule has 2 aromatic heterocycles. The van der Waals surface area contributed by atoms with Crippen LogP contribution in [0.1, 0.15) is 26.5 Å². The van der Waals surface area contributed by atoms with E-state index in [2.05, 4.69) is 15.0 Å². The fourth-order valence-electron chi connectivity index (χ4n) is 2.64. The summed E-state index contributed by atoms with van der Waals surface area (Å²) in [4.78, 5) is 35.4. The topological polar surface area (TPSA) is 111 Å². The normalized spacial score (nSPS) is 10.7. The Morgan fingerprint density at radius 1 is 0.963 bits per heavy atom. The molecule has 0 saturated carbocycles. The molecule has 2 heterocycles. The van der Waals surface area contributed by atoms with Gasteiger partial charge >= 0.3 is 0 Å². The lowest BCUT2D eigenvalue weighted by Gasteiger charge is -2.08. The van der Waals surface area contributed by atoms with Crippen molar-refractivity contribution in [3.8, 4) is 11.6 Å². The zero-order valence-corrected chi connectivity index (χ0v) is 14.0. The van der Waals surface area contributed by atoms with Gasteiger partial charge in [0.1, 0.15) is 11.3 Å². The second-order valence-electron chi connectivity index (χ2n) is 5.78. The summed E-state index contributed by atoms with van der Waals surface area (Å²) in [5.41, 5.74) is 7.48. The molecule has 7 heteroatoms. The number of ketones is 1. The van der Waals surface area contributed by atoms with Crippen molar-refractivity contribution in [3.63, 3.8) is 0 Å². The average Bonchev–Trinajstić information content (AvgIpc) is 3.12. The van der Waals surface area contributed by atoms with Crippen LogP contribution in [0.25, 0.3) is 11.0 Å². The number of aromatic amines is 1. The molecule has 1 amide bonds. The van der Waals surface area contributed by atoms with Crippen LogP contribution in [0.15, 0.2) is 66.9 Å². The minimum absolute atomic E-state index is 0.112. The van der Waals surface area contributed by atoms with Crippen molar-refractivity contribution >= 4 is 22.7 Å². The van der Waals surface area contributed by atoms with Crippen LogP contribution < -0.4 is 10.5 Å². The van der Waals surface area contributed by atoms with E-state index in [1.54, 1.807) is 30.3 Å². The molecule has 0 aliphatic carbocycles. The van der Waals surface area contributed by atoms with Crippen LogP contribution in [0.5, 0.6) is 11.6 Å². The van der Waals surface area contributed by atoms with Crippen LogP contribution in [0.3, 0.4) is 0 Å². The molecule has 2 aromatic carbocycles. The summed E-state index contributed by atoms with van der Waals surface area (Å²) in [7, 11) is 0. The van der Waals surface area contributed by atoms with Gasteiger partial charge in [0.25, 0.3) is 5.91 Å². The first-order valence-corrected chi connectivity index (χ1v) is 8.14. The maximum Gasteiger partial charge on any atom is 0.254 e. The fourth-order valence-corrected chi connectivity index (χ4v) is 2.64. The number of fused-ring (bicyclic) bond motifs is 1. The summed E-state index contributed by atoms with van der Waals surface area (Å²) >= 11 is 0. The van der Waals surface area contributed by atoms with Gasteiger partial charge in [0.15, 0.2) is 5.82 Å². The van der Waals surface area contributed by atoms with Crippen LogP contribution in [0, 0.1) is 0 Å². The van der Waals surface area contributed by atoms with Crippen molar-refractivity contribution < 1.29 is 14.3 Å². The number of hydrogen-bond acceptors (Lipinski definition) is 5. The maximum atomic E-state index is 12.6. The molecule has 0 bridgehead atoms. The number of pyridine rings is 1. The highest BCUT2D eigenvalue weighted by Crippen LogP contribution is 2.23. The van der Waals surface area contributed by atoms with Crippen molar-refractivity contribution in [1.29, 1.82) is 0 Å². The number of nitrogens with one attached hydrogen (secondary N) is 1. The Hall–Kier alpha value is -4.00. The molecule has 4 rings (SSSR count). The molecule has 0 aliphatic heterocycles. The number of imidazole rings is 1. The van der Waals surface area contributed by atoms with Crippen molar-refractivity contribution in [2.24, 2.45) is 5.73 Å². The predicted octanol–water partition coefficient (Wildman–Crippen LogP) is 3.08. The summed E-state index contributed by atoms with van der Waals surface area (Å²) in [6, 6.07) is 17.1. The van der Waals surface area contributed by atoms with Crippen LogP contribution in [-0.2, 0) is 0 Å². The highest BCUT2D eigenvalue weighted by Gasteiger charge is 2.15. The average molecular weight is 358 g/mol. The number of para-hydroxylation sites is 2. The Morgan fingerprint density at radius 3 is 2.48 bits per heavy atom. The molecule has 0 saturated heterocycles. The van der Waals surface area contributed by atoms with E-state index in [1.165, 1.54) is 12.3 Å². The highest BCUT2D eigenvalue weighted by molar-refractivity contribution is 6.08. The number of H-pyrrole nitrogens is 1. The van der Waals surface area contributed by atoms with E-state index in [-0.39, 0.29) is 23.1 Å². The number of aromatic nitrogens is 3. The van der Waals surface area contributed by atoms with Crippen LogP contribution in [-0.4, -0.2) is 26.6 Å². The number of amides is 1. The maximum absolute atomic E-state index is 12.6. The first kappa shape index (κ1) is 16.5. The Balaban J connectivity index is 1.57. The molecule has 0 spiro atoms. The summed E-state index contributed by atoms with van der Waals surface area (Å²) < 4.78 is 5.61.